The van der Waals surface area contributed by atoms with Gasteiger partial charge < -0.3 is 9.26 Å². The summed E-state index contributed by atoms with van der Waals surface area (Å²) in [6, 6.07) is 6.81. The molecule has 84 valence electrons. The Kier molecular flexibility index (Phi) is 3.36. The first kappa shape index (κ1) is 11.3. The van der Waals surface area contributed by atoms with E-state index >= 15 is 0 Å². The Morgan fingerprint density at radius 3 is 2.75 bits per heavy atom. The van der Waals surface area contributed by atoms with Gasteiger partial charge in [-0.2, -0.15) is 0 Å². The highest BCUT2D eigenvalue weighted by Crippen LogP contribution is 2.31. The van der Waals surface area contributed by atoms with E-state index in [1.54, 1.807) is 30.5 Å². The van der Waals surface area contributed by atoms with Crippen LogP contribution in [0.15, 0.2) is 35.0 Å². The number of nitrogens with zero attached hydrogens (tertiary/aromatic N) is 1. The third kappa shape index (κ3) is 2.49. The van der Waals surface area contributed by atoms with Gasteiger partial charge in [0.2, 0.25) is 0 Å². The van der Waals surface area contributed by atoms with E-state index in [4.69, 9.17) is 32.5 Å². The first-order chi connectivity index (χ1) is 7.66. The summed E-state index contributed by atoms with van der Waals surface area (Å²) in [7, 11) is 0. The van der Waals surface area contributed by atoms with Gasteiger partial charge in [0, 0.05) is 11.1 Å². The van der Waals surface area contributed by atoms with Crippen molar-refractivity contribution in [1.82, 2.24) is 5.16 Å². The van der Waals surface area contributed by atoms with Crippen LogP contribution in [-0.4, -0.2) is 5.16 Å². The normalized spacial score (nSPS) is 12.4. The predicted molar refractivity (Wildman–Crippen MR) is 62.0 cm³/mol. The number of halogens is 2. The molecule has 0 fully saturated rings. The SMILES string of the molecule is C[C@@H](Oc1ccc(Cl)cc1Cl)c1ccno1. The number of hydrogen-bond acceptors (Lipinski definition) is 3. The standard InChI is InChI=1S/C11H9Cl2NO2/c1-7(10-4-5-14-16-10)15-11-3-2-8(12)6-9(11)13/h2-7H,1H3/t7-/m1/s1. The molecular formula is C11H9Cl2NO2. The van der Waals surface area contributed by atoms with Gasteiger partial charge in [-0.3, -0.25) is 0 Å². The minimum Gasteiger partial charge on any atom is -0.481 e. The first-order valence-electron chi connectivity index (χ1n) is 4.69. The average molecular weight is 258 g/mol. The van der Waals surface area contributed by atoms with Gasteiger partial charge in [0.15, 0.2) is 11.9 Å². The lowest BCUT2D eigenvalue weighted by Crippen LogP contribution is -2.02. The Hall–Kier alpha value is -1.19. The van der Waals surface area contributed by atoms with Gasteiger partial charge in [-0.05, 0) is 25.1 Å². The molecular weight excluding hydrogens is 249 g/mol. The Balaban J connectivity index is 2.15. The van der Waals surface area contributed by atoms with E-state index in [0.717, 1.165) is 0 Å². The molecule has 2 rings (SSSR count). The minimum absolute atomic E-state index is 0.249. The molecule has 2 aromatic rings. The fraction of sp³-hybridized carbons (Fsp3) is 0.182. The molecule has 0 spiro atoms. The molecule has 0 radical (unpaired) electrons. The second kappa shape index (κ2) is 4.76. The van der Waals surface area contributed by atoms with Crippen molar-refractivity contribution in [2.45, 2.75) is 13.0 Å². The smallest absolute Gasteiger partial charge is 0.176 e. The Morgan fingerprint density at radius 1 is 1.31 bits per heavy atom. The van der Waals surface area contributed by atoms with Crippen molar-refractivity contribution in [3.05, 3.63) is 46.3 Å². The monoisotopic (exact) mass is 257 g/mol. The molecule has 0 saturated carbocycles. The van der Waals surface area contributed by atoms with Crippen molar-refractivity contribution in [1.29, 1.82) is 0 Å². The summed E-state index contributed by atoms with van der Waals surface area (Å²) in [6.07, 6.45) is 1.32. The fourth-order valence-corrected chi connectivity index (χ4v) is 1.71. The van der Waals surface area contributed by atoms with Crippen LogP contribution < -0.4 is 4.74 Å². The van der Waals surface area contributed by atoms with Gasteiger partial charge >= 0.3 is 0 Å². The summed E-state index contributed by atoms with van der Waals surface area (Å²) in [4.78, 5) is 0. The van der Waals surface area contributed by atoms with Crippen molar-refractivity contribution in [2.75, 3.05) is 0 Å². The molecule has 0 amide bonds. The van der Waals surface area contributed by atoms with Crippen LogP contribution in [0.25, 0.3) is 0 Å². The molecule has 16 heavy (non-hydrogen) atoms. The van der Waals surface area contributed by atoms with Crippen molar-refractivity contribution in [3.8, 4) is 5.75 Å². The summed E-state index contributed by atoms with van der Waals surface area (Å²) >= 11 is 11.8. The van der Waals surface area contributed by atoms with E-state index in [1.165, 1.54) is 0 Å². The number of ether oxygens (including phenoxy) is 1. The Morgan fingerprint density at radius 2 is 2.12 bits per heavy atom. The summed E-state index contributed by atoms with van der Waals surface area (Å²) in [5.41, 5.74) is 0. The molecule has 0 N–H and O–H groups in total. The topological polar surface area (TPSA) is 35.3 Å². The highest BCUT2D eigenvalue weighted by atomic mass is 35.5. The van der Waals surface area contributed by atoms with Crippen LogP contribution in [0.4, 0.5) is 0 Å². The Labute approximate surface area is 103 Å². The molecule has 5 heteroatoms. The maximum Gasteiger partial charge on any atom is 0.176 e. The van der Waals surface area contributed by atoms with E-state index < -0.39 is 0 Å². The van der Waals surface area contributed by atoms with Crippen molar-refractivity contribution in [3.63, 3.8) is 0 Å². The van der Waals surface area contributed by atoms with E-state index in [1.807, 2.05) is 6.92 Å². The number of rotatable bonds is 3. The van der Waals surface area contributed by atoms with Crippen LogP contribution in [0.5, 0.6) is 5.75 Å². The second-order valence-electron chi connectivity index (χ2n) is 3.25. The van der Waals surface area contributed by atoms with E-state index in [0.29, 0.717) is 21.6 Å². The number of benzene rings is 1. The maximum absolute atomic E-state index is 5.98. The van der Waals surface area contributed by atoms with E-state index in [2.05, 4.69) is 5.16 Å². The van der Waals surface area contributed by atoms with Crippen molar-refractivity contribution in [2.24, 2.45) is 0 Å². The van der Waals surface area contributed by atoms with Crippen LogP contribution >= 0.6 is 23.2 Å². The van der Waals surface area contributed by atoms with Crippen LogP contribution in [0.2, 0.25) is 10.0 Å². The summed E-state index contributed by atoms with van der Waals surface area (Å²) in [5.74, 6) is 1.21. The van der Waals surface area contributed by atoms with Gasteiger partial charge in [0.05, 0.1) is 11.2 Å². The zero-order chi connectivity index (χ0) is 11.5. The molecule has 0 aliphatic carbocycles. The first-order valence-corrected chi connectivity index (χ1v) is 5.44. The van der Waals surface area contributed by atoms with Gasteiger partial charge in [0.1, 0.15) is 5.75 Å². The van der Waals surface area contributed by atoms with Gasteiger partial charge in [-0.15, -0.1) is 0 Å². The maximum atomic E-state index is 5.98. The summed E-state index contributed by atoms with van der Waals surface area (Å²) in [6.45, 7) is 1.85. The minimum atomic E-state index is -0.249. The predicted octanol–water partition coefficient (Wildman–Crippen LogP) is 4.12. The third-order valence-electron chi connectivity index (χ3n) is 2.06. The summed E-state index contributed by atoms with van der Waals surface area (Å²) in [5, 5.41) is 4.66. The molecule has 0 unspecified atom stereocenters. The van der Waals surface area contributed by atoms with Crippen molar-refractivity contribution < 1.29 is 9.26 Å². The molecule has 0 saturated heterocycles. The second-order valence-corrected chi connectivity index (χ2v) is 4.09. The lowest BCUT2D eigenvalue weighted by molar-refractivity contribution is 0.182. The van der Waals surface area contributed by atoms with Gasteiger partial charge in [0.25, 0.3) is 0 Å². The molecule has 1 atom stereocenters. The highest BCUT2D eigenvalue weighted by Gasteiger charge is 2.13. The molecule has 3 nitrogen and oxygen atoms in total. The zero-order valence-electron chi connectivity index (χ0n) is 8.48. The Bertz CT molecular complexity index is 471. The van der Waals surface area contributed by atoms with Crippen LogP contribution in [0.1, 0.15) is 18.8 Å². The molecule has 1 aromatic carbocycles. The third-order valence-corrected chi connectivity index (χ3v) is 2.59. The largest absolute Gasteiger partial charge is 0.481 e. The van der Waals surface area contributed by atoms with E-state index in [-0.39, 0.29) is 6.10 Å². The molecule has 0 bridgehead atoms. The van der Waals surface area contributed by atoms with Crippen LogP contribution in [0, 0.1) is 0 Å². The summed E-state index contributed by atoms with van der Waals surface area (Å²) < 4.78 is 10.6. The van der Waals surface area contributed by atoms with Crippen LogP contribution in [-0.2, 0) is 0 Å². The quantitative estimate of drug-likeness (QED) is 0.830. The highest BCUT2D eigenvalue weighted by molar-refractivity contribution is 6.35. The van der Waals surface area contributed by atoms with Gasteiger partial charge in [-0.1, -0.05) is 28.4 Å². The number of aromatic nitrogens is 1. The lowest BCUT2D eigenvalue weighted by atomic mass is 10.3. The molecule has 1 heterocycles. The zero-order valence-corrected chi connectivity index (χ0v) is 10.00. The average Bonchev–Trinajstić information content (AvgIpc) is 2.75. The van der Waals surface area contributed by atoms with Crippen molar-refractivity contribution >= 4 is 23.2 Å². The molecule has 0 aliphatic rings. The fourth-order valence-electron chi connectivity index (χ4n) is 1.25. The molecule has 1 aromatic heterocycles. The van der Waals surface area contributed by atoms with Gasteiger partial charge in [-0.25, -0.2) is 0 Å². The lowest BCUT2D eigenvalue weighted by Gasteiger charge is -2.12. The van der Waals surface area contributed by atoms with E-state index in [9.17, 15) is 0 Å². The number of hydrogen-bond donors (Lipinski definition) is 0. The molecule has 0 aliphatic heterocycles. The van der Waals surface area contributed by atoms with Crippen LogP contribution in [0.3, 0.4) is 0 Å².